The lowest BCUT2D eigenvalue weighted by Gasteiger charge is -2.40. The fourth-order valence-electron chi connectivity index (χ4n) is 10.3. The molecule has 4 amide bonds. The van der Waals surface area contributed by atoms with E-state index < -0.39 is 41.0 Å². The van der Waals surface area contributed by atoms with Crippen molar-refractivity contribution in [2.75, 3.05) is 46.5 Å². The lowest BCUT2D eigenvalue weighted by molar-refractivity contribution is -0.189. The molecule has 15 heteroatoms. The number of phenolic OH excluding ortho intramolecular Hbond substituents is 1. The van der Waals surface area contributed by atoms with Crippen molar-refractivity contribution in [3.8, 4) is 28.1 Å². The fourth-order valence-corrected chi connectivity index (χ4v) is 10.3. The number of hydrazine groups is 1. The van der Waals surface area contributed by atoms with Crippen molar-refractivity contribution in [2.24, 2.45) is 11.3 Å². The van der Waals surface area contributed by atoms with Gasteiger partial charge >= 0.3 is 5.97 Å². The van der Waals surface area contributed by atoms with E-state index in [0.717, 1.165) is 51.7 Å². The first kappa shape index (κ1) is 50.8. The van der Waals surface area contributed by atoms with Gasteiger partial charge in [0.15, 0.2) is 0 Å². The minimum Gasteiger partial charge on any atom is -0.508 e. The van der Waals surface area contributed by atoms with Crippen molar-refractivity contribution in [3.63, 3.8) is 0 Å². The molecule has 370 valence electrons. The summed E-state index contributed by atoms with van der Waals surface area (Å²) in [5.74, 6) is -3.06. The van der Waals surface area contributed by atoms with Gasteiger partial charge in [-0.3, -0.25) is 24.2 Å². The second kappa shape index (κ2) is 21.7. The van der Waals surface area contributed by atoms with E-state index in [-0.39, 0.29) is 68.9 Å². The highest BCUT2D eigenvalue weighted by atomic mass is 16.6. The molecule has 0 aliphatic carbocycles. The number of nitrogens with one attached hydrogen (secondary N) is 2. The second-order valence-corrected chi connectivity index (χ2v) is 20.0. The van der Waals surface area contributed by atoms with E-state index in [1.165, 1.54) is 11.1 Å². The summed E-state index contributed by atoms with van der Waals surface area (Å²) in [6, 6.07) is 17.5. The van der Waals surface area contributed by atoms with E-state index in [1.54, 1.807) is 29.0 Å². The first-order valence-electron chi connectivity index (χ1n) is 24.5. The van der Waals surface area contributed by atoms with Crippen LogP contribution in [-0.2, 0) is 59.3 Å². The van der Waals surface area contributed by atoms with Crippen molar-refractivity contribution in [2.45, 2.75) is 117 Å². The molecule has 0 spiro atoms. The first-order valence-corrected chi connectivity index (χ1v) is 24.5. The minimum absolute atomic E-state index is 0.00746. The lowest BCUT2D eigenvalue weighted by atomic mass is 9.83. The average Bonchev–Trinajstić information content (AvgIpc) is 3.62. The van der Waals surface area contributed by atoms with Crippen LogP contribution in [0.1, 0.15) is 89.8 Å². The number of methoxy groups -OCH3 is 1. The predicted octanol–water partition coefficient (Wildman–Crippen LogP) is 6.30. The number of amides is 4. The summed E-state index contributed by atoms with van der Waals surface area (Å²) in [4.78, 5) is 73.4. The third-order valence-corrected chi connectivity index (χ3v) is 13.8. The Balaban J connectivity index is 1.32. The molecule has 2 fully saturated rings. The molecule has 7 rings (SSSR count). The number of rotatable bonds is 10. The molecule has 0 saturated carbocycles. The number of carbonyl (C=O) groups excluding carboxylic acids is 5. The molecule has 3 aliphatic rings. The molecule has 1 aromatic heterocycles. The number of phenols is 1. The van der Waals surface area contributed by atoms with Crippen LogP contribution in [0.5, 0.6) is 5.75 Å². The van der Waals surface area contributed by atoms with Gasteiger partial charge in [-0.1, -0.05) is 70.7 Å². The van der Waals surface area contributed by atoms with Crippen molar-refractivity contribution in [1.82, 2.24) is 30.1 Å². The number of aryl methyl sites for hydroxylation is 1. The topological polar surface area (TPSA) is 183 Å². The third-order valence-electron chi connectivity index (χ3n) is 13.8. The number of ether oxygens (including phenoxy) is 2. The molecule has 4 heterocycles. The van der Waals surface area contributed by atoms with E-state index in [0.29, 0.717) is 56.6 Å². The van der Waals surface area contributed by atoms with Crippen LogP contribution in [0.15, 0.2) is 73.3 Å². The van der Waals surface area contributed by atoms with E-state index in [4.69, 9.17) is 9.47 Å². The maximum Gasteiger partial charge on any atom is 0.355 e. The van der Waals surface area contributed by atoms with E-state index in [1.807, 2.05) is 52.0 Å². The zero-order valence-corrected chi connectivity index (χ0v) is 41.1. The number of benzene rings is 3. The quantitative estimate of drug-likeness (QED) is 0.104. The normalized spacial score (nSPS) is 21.1. The summed E-state index contributed by atoms with van der Waals surface area (Å²) in [6.45, 7) is 15.7. The van der Waals surface area contributed by atoms with Crippen molar-refractivity contribution in [3.05, 3.63) is 90.0 Å². The molecular formula is C54H70N6O9. The SMILES string of the molecule is C=CC(=O)N1CCCCCN([C@H](C(=O)N[C@H]2Cc3cc(O)cc(c3)-c3ccc4c(c3)c(c(-c3ccccc3CCOC)n4CC)CC(C)(C)COC(=O)[C@@]3(O)CCCN(N3)C2=O)C(C)C)C(=O)CC1. The van der Waals surface area contributed by atoms with Gasteiger partial charge in [-0.2, -0.15) is 5.43 Å². The van der Waals surface area contributed by atoms with Gasteiger partial charge in [-0.25, -0.2) is 4.79 Å². The van der Waals surface area contributed by atoms with Crippen LogP contribution >= 0.6 is 0 Å². The fraction of sp³-hybridized carbons (Fsp3) is 0.500. The Morgan fingerprint density at radius 3 is 2.49 bits per heavy atom. The molecule has 3 aromatic carbocycles. The maximum absolute atomic E-state index is 14.9. The van der Waals surface area contributed by atoms with Crippen LogP contribution in [0, 0.1) is 11.3 Å². The Hall–Kier alpha value is -6.03. The van der Waals surface area contributed by atoms with Crippen LogP contribution in [-0.4, -0.2) is 123 Å². The lowest BCUT2D eigenvalue weighted by Crippen LogP contribution is -2.67. The summed E-state index contributed by atoms with van der Waals surface area (Å²) in [7, 11) is 1.69. The summed E-state index contributed by atoms with van der Waals surface area (Å²) in [5, 5.41) is 28.5. The van der Waals surface area contributed by atoms with Gasteiger partial charge in [0.1, 0.15) is 17.8 Å². The van der Waals surface area contributed by atoms with Gasteiger partial charge in [-0.05, 0) is 110 Å². The molecule has 2 saturated heterocycles. The summed E-state index contributed by atoms with van der Waals surface area (Å²) in [6.07, 6.45) is 4.65. The number of cyclic esters (lactones) is 1. The smallest absolute Gasteiger partial charge is 0.355 e. The summed E-state index contributed by atoms with van der Waals surface area (Å²) in [5.41, 5.74) is 7.28. The molecule has 3 aliphatic heterocycles. The van der Waals surface area contributed by atoms with E-state index >= 15 is 0 Å². The second-order valence-electron chi connectivity index (χ2n) is 20.0. The van der Waals surface area contributed by atoms with Gasteiger partial charge in [0.05, 0.1) is 18.9 Å². The zero-order valence-electron chi connectivity index (χ0n) is 41.1. The molecule has 15 nitrogen and oxygen atoms in total. The standard InChI is InChI=1S/C54H70N6O9/c1-8-46(62)57-23-13-10-14-24-59(47(63)20-26-57)48(35(3)4)50(64)55-44-30-36-28-39(31-40(61)29-36)38-18-19-45-42(32-38)43(49(58(45)9-2)41-17-12-11-16-37(41)21-27-68-7)33-53(5,6)34-69-52(66)54(67)22-15-25-60(56-54)51(44)65/h8,11-12,16-19,28-29,31-32,35,44,48,56,61,67H,1,9-10,13-15,20-27,30,33-34H2,2-7H3,(H,55,64)/t44-,48-,54-/m0/s1. The monoisotopic (exact) mass is 947 g/mol. The number of esters is 1. The molecule has 0 radical (unpaired) electrons. The predicted molar refractivity (Wildman–Crippen MR) is 264 cm³/mol. The highest BCUT2D eigenvalue weighted by Gasteiger charge is 2.45. The molecule has 0 unspecified atom stereocenters. The average molecular weight is 947 g/mol. The zero-order chi connectivity index (χ0) is 49.6. The van der Waals surface area contributed by atoms with Gasteiger partial charge in [0.2, 0.25) is 23.4 Å². The van der Waals surface area contributed by atoms with Gasteiger partial charge in [-0.15, -0.1) is 0 Å². The van der Waals surface area contributed by atoms with Crippen LogP contribution in [0.25, 0.3) is 33.3 Å². The number of nitrogens with zero attached hydrogens (tertiary/aromatic N) is 4. The van der Waals surface area contributed by atoms with Crippen molar-refractivity contribution >= 4 is 40.5 Å². The highest BCUT2D eigenvalue weighted by molar-refractivity contribution is 5.96. The number of fused-ring (bicyclic) bond motifs is 6. The van der Waals surface area contributed by atoms with E-state index in [9.17, 15) is 34.2 Å². The minimum atomic E-state index is -2.25. The van der Waals surface area contributed by atoms with Crippen molar-refractivity contribution < 1.29 is 43.7 Å². The van der Waals surface area contributed by atoms with Crippen LogP contribution in [0.3, 0.4) is 0 Å². The first-order chi connectivity index (χ1) is 33.0. The number of aromatic nitrogens is 1. The summed E-state index contributed by atoms with van der Waals surface area (Å²) >= 11 is 0. The summed E-state index contributed by atoms with van der Waals surface area (Å²) < 4.78 is 13.8. The van der Waals surface area contributed by atoms with Crippen LogP contribution in [0.4, 0.5) is 0 Å². The Labute approximate surface area is 405 Å². The van der Waals surface area contributed by atoms with E-state index in [2.05, 4.69) is 53.1 Å². The Morgan fingerprint density at radius 2 is 1.75 bits per heavy atom. The molecule has 4 N–H and O–H groups in total. The van der Waals surface area contributed by atoms with Crippen LogP contribution < -0.4 is 10.7 Å². The molecular weight excluding hydrogens is 877 g/mol. The Morgan fingerprint density at radius 1 is 0.986 bits per heavy atom. The molecule has 69 heavy (non-hydrogen) atoms. The van der Waals surface area contributed by atoms with Crippen LogP contribution in [0.2, 0.25) is 0 Å². The number of aliphatic hydroxyl groups is 1. The largest absolute Gasteiger partial charge is 0.508 e. The molecule has 4 aromatic rings. The van der Waals surface area contributed by atoms with Gasteiger partial charge < -0.3 is 39.4 Å². The Bertz CT molecular complexity index is 2570. The number of hydrogen-bond donors (Lipinski definition) is 4. The molecule has 3 atom stereocenters. The number of hydrogen-bond acceptors (Lipinski definition) is 10. The number of carbonyl (C=O) groups is 5. The Kier molecular flexibility index (Phi) is 16.0. The van der Waals surface area contributed by atoms with Gasteiger partial charge in [0.25, 0.3) is 5.91 Å². The third kappa shape index (κ3) is 11.4. The van der Waals surface area contributed by atoms with Gasteiger partial charge in [0, 0.05) is 81.0 Å². The molecule has 6 bridgehead atoms. The maximum atomic E-state index is 14.9. The highest BCUT2D eigenvalue weighted by Crippen LogP contribution is 2.42. The van der Waals surface area contributed by atoms with Crippen molar-refractivity contribution in [1.29, 1.82) is 0 Å². The number of aromatic hydroxyl groups is 1.